The quantitative estimate of drug-likeness (QED) is 0.117. The maximum absolute atomic E-state index is 2.52. The fraction of sp³-hybridized carbons (Fsp3) is 0.0571. The Morgan fingerprint density at radius 3 is 1.32 bits per heavy atom. The van der Waals surface area contributed by atoms with Gasteiger partial charge in [0.2, 0.25) is 0 Å². The van der Waals surface area contributed by atoms with E-state index >= 15 is 0 Å². The number of fused-ring (bicyclic) bond motifs is 3. The molecular formula is C70H53N. The van der Waals surface area contributed by atoms with Crippen LogP contribution in [0, 0.1) is 0 Å². The van der Waals surface area contributed by atoms with E-state index in [1.54, 1.807) is 0 Å². The van der Waals surface area contributed by atoms with Gasteiger partial charge in [-0.15, -0.1) is 0 Å². The average Bonchev–Trinajstić information content (AvgIpc) is 3.67. The molecule has 0 aromatic heterocycles. The van der Waals surface area contributed by atoms with Gasteiger partial charge in [0.05, 0.1) is 0 Å². The van der Waals surface area contributed by atoms with Gasteiger partial charge >= 0.3 is 0 Å². The van der Waals surface area contributed by atoms with Gasteiger partial charge in [0.15, 0.2) is 0 Å². The van der Waals surface area contributed by atoms with Crippen LogP contribution in [0.2, 0.25) is 0 Å². The first kappa shape index (κ1) is 43.5. The van der Waals surface area contributed by atoms with E-state index in [1.165, 1.54) is 83.5 Å². The molecule has 1 aliphatic rings. The second-order valence-corrected chi connectivity index (χ2v) is 19.2. The van der Waals surface area contributed by atoms with Gasteiger partial charge in [0.1, 0.15) is 0 Å². The van der Waals surface area contributed by atoms with E-state index in [0.29, 0.717) is 0 Å². The average molecular weight is 908 g/mol. The summed E-state index contributed by atoms with van der Waals surface area (Å²) in [6.07, 6.45) is 0. The monoisotopic (exact) mass is 907 g/mol. The number of benzene rings is 11. The first-order chi connectivity index (χ1) is 35.0. The molecule has 1 atom stereocenters. The van der Waals surface area contributed by atoms with Crippen LogP contribution >= 0.6 is 0 Å². The van der Waals surface area contributed by atoms with Crippen molar-refractivity contribution in [2.24, 2.45) is 0 Å². The minimum Gasteiger partial charge on any atom is -0.310 e. The molecule has 1 unspecified atom stereocenters. The SMILES string of the molecule is CC1(C)c2ccccc2-c2ccc(C(c3cc(-c4ccccc4-c4c(-c5ccccc5)cccc4-c4ccccc4)cc(N(c4ccccc4)c4ccccc4)c3)c3ccccc3-c3ccccc3)cc21. The van der Waals surface area contributed by atoms with E-state index in [1.807, 2.05) is 0 Å². The number of rotatable bonds is 11. The number of hydrogen-bond acceptors (Lipinski definition) is 1. The Balaban J connectivity index is 1.17. The molecule has 0 heterocycles. The molecule has 12 rings (SSSR count). The van der Waals surface area contributed by atoms with Gasteiger partial charge in [-0.3, -0.25) is 0 Å². The lowest BCUT2D eigenvalue weighted by atomic mass is 9.77. The molecule has 0 amide bonds. The Labute approximate surface area is 418 Å². The van der Waals surface area contributed by atoms with E-state index in [-0.39, 0.29) is 11.3 Å². The molecular weight excluding hydrogens is 855 g/mol. The van der Waals surface area contributed by atoms with Crippen molar-refractivity contribution in [3.8, 4) is 66.8 Å². The fourth-order valence-electron chi connectivity index (χ4n) is 11.3. The fourth-order valence-corrected chi connectivity index (χ4v) is 11.3. The van der Waals surface area contributed by atoms with Crippen LogP contribution in [0.1, 0.15) is 47.6 Å². The van der Waals surface area contributed by atoms with E-state index < -0.39 is 0 Å². The summed E-state index contributed by atoms with van der Waals surface area (Å²) in [5.41, 5.74) is 24.1. The van der Waals surface area contributed by atoms with E-state index in [2.05, 4.69) is 298 Å². The molecule has 0 saturated carbocycles. The molecule has 338 valence electrons. The zero-order chi connectivity index (χ0) is 47.7. The van der Waals surface area contributed by atoms with Crippen molar-refractivity contribution in [1.29, 1.82) is 0 Å². The highest BCUT2D eigenvalue weighted by Gasteiger charge is 2.36. The minimum absolute atomic E-state index is 0.146. The molecule has 0 spiro atoms. The smallest absolute Gasteiger partial charge is 0.0470 e. The maximum atomic E-state index is 2.52. The van der Waals surface area contributed by atoms with Gasteiger partial charge in [0.25, 0.3) is 0 Å². The van der Waals surface area contributed by atoms with Crippen molar-refractivity contribution >= 4 is 17.1 Å². The number of nitrogens with zero attached hydrogens (tertiary/aromatic N) is 1. The predicted octanol–water partition coefficient (Wildman–Crippen LogP) is 19.0. The molecule has 1 nitrogen and oxygen atoms in total. The summed E-state index contributed by atoms with van der Waals surface area (Å²) < 4.78 is 0. The van der Waals surface area contributed by atoms with Crippen LogP contribution in [-0.2, 0) is 5.41 Å². The molecule has 1 heteroatoms. The van der Waals surface area contributed by atoms with Gasteiger partial charge in [-0.25, -0.2) is 0 Å². The van der Waals surface area contributed by atoms with Crippen LogP contribution in [0.25, 0.3) is 66.8 Å². The molecule has 71 heavy (non-hydrogen) atoms. The van der Waals surface area contributed by atoms with Crippen molar-refractivity contribution in [3.05, 3.63) is 307 Å². The third kappa shape index (κ3) is 8.06. The van der Waals surface area contributed by atoms with Crippen molar-refractivity contribution < 1.29 is 0 Å². The number of anilines is 3. The van der Waals surface area contributed by atoms with Crippen molar-refractivity contribution in [2.45, 2.75) is 25.2 Å². The summed E-state index contributed by atoms with van der Waals surface area (Å²) in [4.78, 5) is 2.42. The number of hydrogen-bond donors (Lipinski definition) is 0. The molecule has 0 fully saturated rings. The third-order valence-corrected chi connectivity index (χ3v) is 14.6. The molecule has 1 aliphatic carbocycles. The Kier molecular flexibility index (Phi) is 11.4. The highest BCUT2D eigenvalue weighted by Crippen LogP contribution is 2.52. The summed E-state index contributed by atoms with van der Waals surface area (Å²) in [5.74, 6) is -0.146. The van der Waals surface area contributed by atoms with Gasteiger partial charge < -0.3 is 4.90 Å². The summed E-state index contributed by atoms with van der Waals surface area (Å²) in [5, 5.41) is 0. The van der Waals surface area contributed by atoms with Crippen LogP contribution in [-0.4, -0.2) is 0 Å². The largest absolute Gasteiger partial charge is 0.310 e. The standard InChI is InChI=1S/C70H53N/c1-70(2)66-42-23-22-37-62(66)63-44-43-52(48-67(63)70)68(64-38-20-18-35-58(64)49-25-8-3-9-26-49)54-45-53(46-57(47-54)71(55-31-14-6-15-32-55)56-33-16-7-17-34-56)59-36-19-21-39-65(59)69-60(50-27-10-4-11-28-50)40-24-41-61(69)51-29-12-5-13-30-51/h3-48,68H,1-2H3. The van der Waals surface area contributed by atoms with Crippen LogP contribution in [0.3, 0.4) is 0 Å². The Morgan fingerprint density at radius 2 is 0.732 bits per heavy atom. The van der Waals surface area contributed by atoms with Gasteiger partial charge in [0, 0.05) is 28.4 Å². The zero-order valence-corrected chi connectivity index (χ0v) is 40.1. The predicted molar refractivity (Wildman–Crippen MR) is 300 cm³/mol. The molecule has 11 aromatic rings. The van der Waals surface area contributed by atoms with E-state index in [9.17, 15) is 0 Å². The van der Waals surface area contributed by atoms with Gasteiger partial charge in [-0.05, 0) is 131 Å². The highest BCUT2D eigenvalue weighted by molar-refractivity contribution is 6.00. The second kappa shape index (κ2) is 18.6. The molecule has 11 aromatic carbocycles. The van der Waals surface area contributed by atoms with Gasteiger partial charge in [-0.2, -0.15) is 0 Å². The normalized spacial score (nSPS) is 12.7. The van der Waals surface area contributed by atoms with Gasteiger partial charge in [-0.1, -0.05) is 257 Å². The lowest BCUT2D eigenvalue weighted by molar-refractivity contribution is 0.659. The van der Waals surface area contributed by atoms with Crippen molar-refractivity contribution in [1.82, 2.24) is 0 Å². The zero-order valence-electron chi connectivity index (χ0n) is 40.1. The summed E-state index contributed by atoms with van der Waals surface area (Å²) in [6.45, 7) is 4.78. The summed E-state index contributed by atoms with van der Waals surface area (Å²) >= 11 is 0. The topological polar surface area (TPSA) is 3.24 Å². The minimum atomic E-state index is -0.169. The summed E-state index contributed by atoms with van der Waals surface area (Å²) in [6, 6.07) is 103. The van der Waals surface area contributed by atoms with Crippen LogP contribution < -0.4 is 4.90 Å². The lowest BCUT2D eigenvalue weighted by Crippen LogP contribution is -2.16. The first-order valence-electron chi connectivity index (χ1n) is 24.8. The van der Waals surface area contributed by atoms with Crippen molar-refractivity contribution in [3.63, 3.8) is 0 Å². The Bertz CT molecular complexity index is 3550. The Hall–Kier alpha value is -8.78. The molecule has 0 N–H and O–H groups in total. The molecule has 0 radical (unpaired) electrons. The highest BCUT2D eigenvalue weighted by atomic mass is 15.1. The van der Waals surface area contributed by atoms with E-state index in [0.717, 1.165) is 28.2 Å². The molecule has 0 bridgehead atoms. The molecule has 0 saturated heterocycles. The molecule has 0 aliphatic heterocycles. The van der Waals surface area contributed by atoms with Crippen LogP contribution in [0.15, 0.2) is 279 Å². The Morgan fingerprint density at radius 1 is 0.282 bits per heavy atom. The lowest BCUT2D eigenvalue weighted by Gasteiger charge is -2.30. The third-order valence-electron chi connectivity index (χ3n) is 14.6. The van der Waals surface area contributed by atoms with E-state index in [4.69, 9.17) is 0 Å². The van der Waals surface area contributed by atoms with Crippen molar-refractivity contribution in [2.75, 3.05) is 4.90 Å². The first-order valence-corrected chi connectivity index (χ1v) is 24.8. The summed E-state index contributed by atoms with van der Waals surface area (Å²) in [7, 11) is 0. The second-order valence-electron chi connectivity index (χ2n) is 19.2. The van der Waals surface area contributed by atoms with Crippen LogP contribution in [0.5, 0.6) is 0 Å². The van der Waals surface area contributed by atoms with Crippen LogP contribution in [0.4, 0.5) is 17.1 Å². The maximum Gasteiger partial charge on any atom is 0.0470 e. The number of para-hydroxylation sites is 2.